The first-order chi connectivity index (χ1) is 0. The molecule has 0 aromatic heterocycles. The summed E-state index contributed by atoms with van der Waals surface area (Å²) in [7, 11) is 0. The van der Waals surface area contributed by atoms with Crippen molar-refractivity contribution < 1.29 is 0 Å². The van der Waals surface area contributed by atoms with Crippen LogP contribution in [0.4, 0.5) is 0 Å². The van der Waals surface area contributed by atoms with E-state index >= 15 is 0 Å². The van der Waals surface area contributed by atoms with Gasteiger partial charge in [0.15, 0.2) is 0 Å². The molecule has 0 amide bonds. The molecule has 0 fully saturated rings. The van der Waals surface area contributed by atoms with Crippen molar-refractivity contribution in [1.82, 2.24) is 0 Å². The average molecular weight is 313 g/mol. The Bertz CT molecular complexity index is 8.00. The second-order valence-corrected chi connectivity index (χ2v) is 0. The van der Waals surface area contributed by atoms with Crippen LogP contribution in [-0.2, 0) is 0 Å². The Morgan fingerprint density at radius 3 is 1.00 bits per heavy atom. The summed E-state index contributed by atoms with van der Waals surface area (Å²) in [6.45, 7) is 0. The molecule has 0 atom stereocenters. The molecule has 0 saturated carbocycles. The molecule has 0 aliphatic rings. The fourth-order valence-corrected chi connectivity index (χ4v) is 0. The summed E-state index contributed by atoms with van der Waals surface area (Å²) in [6.07, 6.45) is 0. The van der Waals surface area contributed by atoms with E-state index in [9.17, 15) is 0 Å². The smallest absolute Gasteiger partial charge is 0 e. The fourth-order valence-electron chi connectivity index (χ4n) is 0. The largest absolute Gasteiger partial charge is 0 e. The fraction of sp³-hybridized carbons (Fsp3) is 0. The van der Waals surface area contributed by atoms with Crippen LogP contribution in [0.5, 0.6) is 0 Å². The zero-order valence-electron chi connectivity index (χ0n) is 2.69. The zero-order valence-corrected chi connectivity index (χ0v) is 13.8. The molecule has 0 saturated heterocycles. The van der Waals surface area contributed by atoms with Crippen LogP contribution in [0.3, 0.4) is 0 Å². The maximum Gasteiger partial charge on any atom is 0 e. The van der Waals surface area contributed by atoms with E-state index in [0.29, 0.717) is 0 Å². The molecule has 0 rings (SSSR count). The van der Waals surface area contributed by atoms with Crippen molar-refractivity contribution in [3.05, 3.63) is 0 Å². The third-order valence-corrected chi connectivity index (χ3v) is 0. The Kier molecular flexibility index (Phi) is 96.9. The molecule has 4 heteroatoms. The van der Waals surface area contributed by atoms with Crippen LogP contribution in [-0.4, -0.2) is 133 Å². The molecule has 0 spiro atoms. The second-order valence-electron chi connectivity index (χ2n) is 0. The summed E-state index contributed by atoms with van der Waals surface area (Å²) >= 11 is 0. The first-order valence-electron chi connectivity index (χ1n) is 0. The molecule has 0 nitrogen and oxygen atoms in total. The van der Waals surface area contributed by atoms with Crippen LogP contribution in [0.1, 0.15) is 0 Å². The predicted octanol–water partition coefficient (Wildman–Crippen LogP) is -1.52. The molecule has 0 heterocycles. The van der Waals surface area contributed by atoms with Crippen molar-refractivity contribution in [2.45, 2.75) is 0 Å². The average Bonchev–Trinajstić information content (AvgIpc) is 0. The Balaban J connectivity index is 0. The van der Waals surface area contributed by atoms with Gasteiger partial charge in [-0.3, -0.25) is 0 Å². The third-order valence-electron chi connectivity index (χ3n) is 0. The Morgan fingerprint density at radius 2 is 1.00 bits per heavy atom. The van der Waals surface area contributed by atoms with Gasteiger partial charge < -0.3 is 0 Å². The molecular weight excluding hydrogens is 313 g/mol. The maximum atomic E-state index is 0. The minimum absolute atomic E-state index is 0. The normalized spacial score (nSPS) is 0. The monoisotopic (exact) mass is 314 g/mol. The van der Waals surface area contributed by atoms with Crippen molar-refractivity contribution in [1.29, 1.82) is 0 Å². The summed E-state index contributed by atoms with van der Waals surface area (Å²) in [4.78, 5) is 0. The van der Waals surface area contributed by atoms with Crippen molar-refractivity contribution in [3.8, 4) is 0 Å². The quantitative estimate of drug-likeness (QED) is 0.477. The molecule has 0 aliphatic carbocycles. The Hall–Kier alpha value is 3.96. The molecule has 0 aliphatic heterocycles. The van der Waals surface area contributed by atoms with E-state index in [1.807, 2.05) is 0 Å². The van der Waals surface area contributed by atoms with E-state index in [1.54, 1.807) is 0 Å². The number of hydrogen-bond acceptors (Lipinski definition) is 0. The Labute approximate surface area is 128 Å². The van der Waals surface area contributed by atoms with Gasteiger partial charge in [0, 0.05) is 133 Å². The minimum Gasteiger partial charge on any atom is 0 e. The summed E-state index contributed by atoms with van der Waals surface area (Å²) in [5, 5.41) is 0. The van der Waals surface area contributed by atoms with Gasteiger partial charge in [0.25, 0.3) is 0 Å². The van der Waals surface area contributed by atoms with Gasteiger partial charge in [0.05, 0.1) is 0 Å². The minimum atomic E-state index is 0. The molecule has 0 unspecified atom stereocenters. The topological polar surface area (TPSA) is 0 Å². The van der Waals surface area contributed by atoms with Crippen molar-refractivity contribution >= 4 is 133 Å². The Morgan fingerprint density at radius 1 is 1.00 bits per heavy atom. The van der Waals surface area contributed by atoms with Crippen molar-refractivity contribution in [2.24, 2.45) is 0 Å². The van der Waals surface area contributed by atoms with Crippen LogP contribution < -0.4 is 0 Å². The van der Waals surface area contributed by atoms with Crippen LogP contribution in [0.25, 0.3) is 0 Å². The SMILES string of the molecule is [B].[Ba].[Rb].[Se]. The first kappa shape index (κ1) is 24.6. The van der Waals surface area contributed by atoms with E-state index in [2.05, 4.69) is 0 Å². The van der Waals surface area contributed by atoms with E-state index in [0.717, 1.165) is 0 Å². The standard InChI is InChI=1S/B.Ba.Rb.Se. The van der Waals surface area contributed by atoms with Gasteiger partial charge in [0.2, 0.25) is 0 Å². The molecule has 8 radical (unpaired) electrons. The molecule has 4 heavy (non-hydrogen) atoms. The van der Waals surface area contributed by atoms with Gasteiger partial charge in [-0.25, -0.2) is 0 Å². The van der Waals surface area contributed by atoms with Gasteiger partial charge in [-0.2, -0.15) is 0 Å². The molecular formula is BBaRbSe. The molecule has 12 valence electrons. The molecule has 0 aromatic carbocycles. The van der Waals surface area contributed by atoms with Gasteiger partial charge >= 0.3 is 0 Å². The predicted molar refractivity (Wildman–Crippen MR) is 23.0 cm³/mol. The van der Waals surface area contributed by atoms with E-state index in [-0.39, 0.29) is 133 Å². The van der Waals surface area contributed by atoms with Gasteiger partial charge in [-0.1, -0.05) is 0 Å². The van der Waals surface area contributed by atoms with Crippen LogP contribution in [0.2, 0.25) is 0 Å². The summed E-state index contributed by atoms with van der Waals surface area (Å²) in [6, 6.07) is 0. The van der Waals surface area contributed by atoms with Crippen molar-refractivity contribution in [2.75, 3.05) is 0 Å². The molecule has 0 bridgehead atoms. The third kappa shape index (κ3) is 9.35. The number of hydrogen-bond donors (Lipinski definition) is 0. The first-order valence-corrected chi connectivity index (χ1v) is 0. The summed E-state index contributed by atoms with van der Waals surface area (Å²) in [5.41, 5.74) is 0. The summed E-state index contributed by atoms with van der Waals surface area (Å²) < 4.78 is 0. The van der Waals surface area contributed by atoms with Gasteiger partial charge in [-0.15, -0.1) is 0 Å². The molecule has 0 N–H and O–H groups in total. The van der Waals surface area contributed by atoms with E-state index in [4.69, 9.17) is 0 Å². The zero-order chi connectivity index (χ0) is 0. The van der Waals surface area contributed by atoms with E-state index < -0.39 is 0 Å². The van der Waals surface area contributed by atoms with Crippen LogP contribution in [0.15, 0.2) is 0 Å². The van der Waals surface area contributed by atoms with Crippen molar-refractivity contribution in [3.63, 3.8) is 0 Å². The van der Waals surface area contributed by atoms with Crippen LogP contribution in [0, 0.1) is 0 Å². The van der Waals surface area contributed by atoms with Gasteiger partial charge in [-0.05, 0) is 0 Å². The number of rotatable bonds is 0. The second kappa shape index (κ2) is 15.8. The van der Waals surface area contributed by atoms with Gasteiger partial charge in [0.1, 0.15) is 0 Å². The van der Waals surface area contributed by atoms with E-state index in [1.165, 1.54) is 0 Å². The maximum absolute atomic E-state index is 0. The van der Waals surface area contributed by atoms with Crippen LogP contribution >= 0.6 is 0 Å². The summed E-state index contributed by atoms with van der Waals surface area (Å²) in [5.74, 6) is 0. The molecule has 0 aromatic rings.